The Labute approximate surface area is 137 Å². The van der Waals surface area contributed by atoms with Gasteiger partial charge in [-0.1, -0.05) is 0 Å². The number of amides is 1. The molecule has 1 amide bonds. The van der Waals surface area contributed by atoms with Crippen molar-refractivity contribution in [3.63, 3.8) is 0 Å². The molecule has 1 heterocycles. The molecule has 1 aliphatic heterocycles. The van der Waals surface area contributed by atoms with Crippen LogP contribution >= 0.6 is 0 Å². The van der Waals surface area contributed by atoms with Crippen LogP contribution in [-0.2, 0) is 16.0 Å². The maximum Gasteiger partial charge on any atom is 0.223 e. The first kappa shape index (κ1) is 17.4. The predicted molar refractivity (Wildman–Crippen MR) is 88.6 cm³/mol. The molecule has 0 aliphatic carbocycles. The Morgan fingerprint density at radius 3 is 2.65 bits per heavy atom. The first-order valence-electron chi connectivity index (χ1n) is 8.08. The van der Waals surface area contributed by atoms with Gasteiger partial charge < -0.3 is 25.2 Å². The van der Waals surface area contributed by atoms with E-state index in [4.69, 9.17) is 15.2 Å². The SMILES string of the molecule is CCOc1cc(CCC(=O)N2CC(C)OC(C)C2)cc(N)c1O. The first-order chi connectivity index (χ1) is 10.9. The first-order valence-corrected chi connectivity index (χ1v) is 8.08. The van der Waals surface area contributed by atoms with Crippen molar-refractivity contribution < 1.29 is 19.4 Å². The standard InChI is InChI=1S/C17H26N2O4/c1-4-22-15-8-13(7-14(18)17(15)21)5-6-16(20)19-9-11(2)23-12(3)10-19/h7-8,11-12,21H,4-6,9-10,18H2,1-3H3. The van der Waals surface area contributed by atoms with Gasteiger partial charge in [-0.25, -0.2) is 0 Å². The number of morpholine rings is 1. The smallest absolute Gasteiger partial charge is 0.223 e. The number of hydrogen-bond acceptors (Lipinski definition) is 5. The lowest BCUT2D eigenvalue weighted by Crippen LogP contribution is -2.48. The highest BCUT2D eigenvalue weighted by Crippen LogP contribution is 2.34. The lowest BCUT2D eigenvalue weighted by Gasteiger charge is -2.35. The zero-order valence-corrected chi connectivity index (χ0v) is 14.0. The average molecular weight is 322 g/mol. The number of benzene rings is 1. The molecular formula is C17H26N2O4. The second-order valence-corrected chi connectivity index (χ2v) is 6.02. The van der Waals surface area contributed by atoms with Gasteiger partial charge in [-0.15, -0.1) is 0 Å². The van der Waals surface area contributed by atoms with Crippen LogP contribution in [0.1, 0.15) is 32.8 Å². The number of phenolic OH excluding ortho intramolecular Hbond substituents is 1. The quantitative estimate of drug-likeness (QED) is 0.639. The number of aromatic hydroxyl groups is 1. The average Bonchev–Trinajstić information content (AvgIpc) is 2.48. The summed E-state index contributed by atoms with van der Waals surface area (Å²) in [6.07, 6.45) is 1.09. The normalized spacial score (nSPS) is 21.3. The summed E-state index contributed by atoms with van der Waals surface area (Å²) in [7, 11) is 0. The summed E-state index contributed by atoms with van der Waals surface area (Å²) >= 11 is 0. The van der Waals surface area contributed by atoms with Crippen molar-refractivity contribution >= 4 is 11.6 Å². The van der Waals surface area contributed by atoms with Crippen LogP contribution in [0.5, 0.6) is 11.5 Å². The highest BCUT2D eigenvalue weighted by atomic mass is 16.5. The number of hydrogen-bond donors (Lipinski definition) is 2. The zero-order chi connectivity index (χ0) is 17.0. The minimum absolute atomic E-state index is 0.0437. The van der Waals surface area contributed by atoms with Crippen molar-refractivity contribution in [3.05, 3.63) is 17.7 Å². The number of nitrogen functional groups attached to an aromatic ring is 1. The summed E-state index contributed by atoms with van der Waals surface area (Å²) in [5.41, 5.74) is 6.95. The molecule has 0 aromatic heterocycles. The number of rotatable bonds is 5. The number of carbonyl (C=O) groups excluding carboxylic acids is 1. The minimum Gasteiger partial charge on any atom is -0.503 e. The van der Waals surface area contributed by atoms with Crippen LogP contribution in [0.2, 0.25) is 0 Å². The van der Waals surface area contributed by atoms with Gasteiger partial charge in [0.25, 0.3) is 0 Å². The molecule has 1 aromatic rings. The zero-order valence-electron chi connectivity index (χ0n) is 14.0. The number of carbonyl (C=O) groups is 1. The van der Waals surface area contributed by atoms with E-state index in [1.807, 2.05) is 25.7 Å². The molecule has 0 spiro atoms. The van der Waals surface area contributed by atoms with Crippen LogP contribution in [-0.4, -0.2) is 47.8 Å². The molecule has 2 unspecified atom stereocenters. The third-order valence-corrected chi connectivity index (χ3v) is 3.86. The molecule has 1 aliphatic rings. The van der Waals surface area contributed by atoms with Gasteiger partial charge in [0.05, 0.1) is 24.5 Å². The van der Waals surface area contributed by atoms with E-state index in [0.29, 0.717) is 38.3 Å². The molecule has 0 bridgehead atoms. The Hall–Kier alpha value is -1.95. The minimum atomic E-state index is -0.0437. The molecule has 1 aromatic carbocycles. The summed E-state index contributed by atoms with van der Waals surface area (Å²) in [4.78, 5) is 14.2. The van der Waals surface area contributed by atoms with Crippen molar-refractivity contribution in [3.8, 4) is 11.5 Å². The Morgan fingerprint density at radius 1 is 1.39 bits per heavy atom. The molecular weight excluding hydrogens is 296 g/mol. The van der Waals surface area contributed by atoms with Gasteiger partial charge in [0, 0.05) is 19.5 Å². The van der Waals surface area contributed by atoms with Crippen molar-refractivity contribution in [1.82, 2.24) is 4.90 Å². The van der Waals surface area contributed by atoms with Crippen LogP contribution in [0.3, 0.4) is 0 Å². The van der Waals surface area contributed by atoms with E-state index in [1.54, 1.807) is 12.1 Å². The molecule has 0 saturated carbocycles. The number of anilines is 1. The number of aryl methyl sites for hydroxylation is 1. The largest absolute Gasteiger partial charge is 0.503 e. The van der Waals surface area contributed by atoms with Crippen LogP contribution in [0.15, 0.2) is 12.1 Å². The second kappa shape index (κ2) is 7.55. The molecule has 6 heteroatoms. The van der Waals surface area contributed by atoms with Gasteiger partial charge in [0.2, 0.25) is 5.91 Å². The number of nitrogens with two attached hydrogens (primary N) is 1. The van der Waals surface area contributed by atoms with Crippen molar-refractivity contribution in [2.75, 3.05) is 25.4 Å². The van der Waals surface area contributed by atoms with Crippen LogP contribution in [0.25, 0.3) is 0 Å². The number of ether oxygens (including phenoxy) is 2. The molecule has 1 saturated heterocycles. The van der Waals surface area contributed by atoms with Gasteiger partial charge in [-0.05, 0) is 44.9 Å². The summed E-state index contributed by atoms with van der Waals surface area (Å²) in [5, 5.41) is 9.85. The highest BCUT2D eigenvalue weighted by molar-refractivity contribution is 5.76. The number of phenols is 1. The van der Waals surface area contributed by atoms with Crippen molar-refractivity contribution in [2.24, 2.45) is 0 Å². The van der Waals surface area contributed by atoms with Gasteiger partial charge >= 0.3 is 0 Å². The van der Waals surface area contributed by atoms with E-state index in [1.165, 1.54) is 0 Å². The molecule has 2 atom stereocenters. The fourth-order valence-electron chi connectivity index (χ4n) is 2.89. The lowest BCUT2D eigenvalue weighted by molar-refractivity contribution is -0.143. The van der Waals surface area contributed by atoms with Crippen LogP contribution in [0.4, 0.5) is 5.69 Å². The molecule has 0 radical (unpaired) electrons. The molecule has 23 heavy (non-hydrogen) atoms. The third-order valence-electron chi connectivity index (χ3n) is 3.86. The molecule has 1 fully saturated rings. The molecule has 6 nitrogen and oxygen atoms in total. The van der Waals surface area contributed by atoms with E-state index in [9.17, 15) is 9.90 Å². The molecule has 2 rings (SSSR count). The maximum atomic E-state index is 12.4. The molecule has 128 valence electrons. The van der Waals surface area contributed by atoms with Gasteiger partial charge in [0.1, 0.15) is 0 Å². The summed E-state index contributed by atoms with van der Waals surface area (Å²) < 4.78 is 11.0. The van der Waals surface area contributed by atoms with Gasteiger partial charge in [-0.2, -0.15) is 0 Å². The fourth-order valence-corrected chi connectivity index (χ4v) is 2.89. The number of nitrogens with zero attached hydrogens (tertiary/aromatic N) is 1. The van der Waals surface area contributed by atoms with Crippen molar-refractivity contribution in [2.45, 2.75) is 45.8 Å². The third kappa shape index (κ3) is 4.51. The summed E-state index contributed by atoms with van der Waals surface area (Å²) in [6, 6.07) is 3.43. The van der Waals surface area contributed by atoms with Crippen molar-refractivity contribution in [1.29, 1.82) is 0 Å². The Balaban J connectivity index is 1.98. The summed E-state index contributed by atoms with van der Waals surface area (Å²) in [5.74, 6) is 0.429. The monoisotopic (exact) mass is 322 g/mol. The topological polar surface area (TPSA) is 85.0 Å². The molecule has 3 N–H and O–H groups in total. The van der Waals surface area contributed by atoms with Gasteiger partial charge in [0.15, 0.2) is 11.5 Å². The Bertz CT molecular complexity index is 552. The Morgan fingerprint density at radius 2 is 2.04 bits per heavy atom. The maximum absolute atomic E-state index is 12.4. The van der Waals surface area contributed by atoms with E-state index < -0.39 is 0 Å². The second-order valence-electron chi connectivity index (χ2n) is 6.02. The predicted octanol–water partition coefficient (Wildman–Crippen LogP) is 1.94. The Kier molecular flexibility index (Phi) is 5.71. The van der Waals surface area contributed by atoms with E-state index in [2.05, 4.69) is 0 Å². The van der Waals surface area contributed by atoms with Crippen LogP contribution < -0.4 is 10.5 Å². The van der Waals surface area contributed by atoms with E-state index in [-0.39, 0.29) is 29.6 Å². The van der Waals surface area contributed by atoms with Gasteiger partial charge in [-0.3, -0.25) is 4.79 Å². The van der Waals surface area contributed by atoms with E-state index in [0.717, 1.165) is 5.56 Å². The highest BCUT2D eigenvalue weighted by Gasteiger charge is 2.25. The fraction of sp³-hybridized carbons (Fsp3) is 0.588. The summed E-state index contributed by atoms with van der Waals surface area (Å²) in [6.45, 7) is 7.50. The van der Waals surface area contributed by atoms with E-state index >= 15 is 0 Å². The van der Waals surface area contributed by atoms with Crippen LogP contribution in [0, 0.1) is 0 Å². The lowest BCUT2D eigenvalue weighted by atomic mass is 10.1.